The third-order valence-corrected chi connectivity index (χ3v) is 0.639. The minimum Gasteiger partial charge on any atom is -0.478 e. The topological polar surface area (TPSA) is 21.6 Å². The zero-order valence-electron chi connectivity index (χ0n) is 4.99. The Morgan fingerprint density at radius 2 is 1.89 bits per heavy atom. The Balaban J connectivity index is 4.14. The Hall–Kier alpha value is -0.740. The molecule has 0 fully saturated rings. The van der Waals surface area contributed by atoms with Gasteiger partial charge in [-0.2, -0.15) is 13.2 Å². The van der Waals surface area contributed by atoms with Crippen LogP contribution in [-0.2, 0) is 4.74 Å². The smallest absolute Gasteiger partial charge is 0.468 e. The van der Waals surface area contributed by atoms with Gasteiger partial charge in [0.15, 0.2) is 0 Å². The van der Waals surface area contributed by atoms with Crippen molar-refractivity contribution in [3.05, 3.63) is 0 Å². The molecule has 0 radical (unpaired) electrons. The lowest BCUT2D eigenvalue weighted by molar-refractivity contribution is -0.0756. The molecule has 0 spiro atoms. The maximum Gasteiger partial charge on any atom is 0.468 e. The first kappa shape index (κ1) is 8.26. The molecule has 0 aromatic carbocycles. The van der Waals surface area contributed by atoms with Crippen LogP contribution in [0.5, 0.6) is 0 Å². The summed E-state index contributed by atoms with van der Waals surface area (Å²) in [4.78, 5) is 2.85. The van der Waals surface area contributed by atoms with Gasteiger partial charge in [-0.3, -0.25) is 4.99 Å². The number of nitrogens with zero attached hydrogens (tertiary/aromatic N) is 1. The molecule has 0 amide bonds. The molecule has 54 valence electrons. The van der Waals surface area contributed by atoms with Gasteiger partial charge in [0.1, 0.15) is 0 Å². The van der Waals surface area contributed by atoms with Gasteiger partial charge >= 0.3 is 6.18 Å². The first-order chi connectivity index (χ1) is 4.02. The zero-order chi connectivity index (χ0) is 7.49. The summed E-state index contributed by atoms with van der Waals surface area (Å²) in [7, 11) is 1.95. The molecule has 0 aliphatic heterocycles. The van der Waals surface area contributed by atoms with Crippen molar-refractivity contribution in [3.8, 4) is 0 Å². The van der Waals surface area contributed by atoms with Crippen LogP contribution < -0.4 is 0 Å². The first-order valence-electron chi connectivity index (χ1n) is 2.10. The molecule has 0 rings (SSSR count). The Morgan fingerprint density at radius 1 is 1.44 bits per heavy atom. The lowest BCUT2D eigenvalue weighted by Gasteiger charge is -2.05. The second-order valence-electron chi connectivity index (χ2n) is 1.23. The van der Waals surface area contributed by atoms with Gasteiger partial charge in [0.25, 0.3) is 5.90 Å². The van der Waals surface area contributed by atoms with E-state index in [9.17, 15) is 13.2 Å². The quantitative estimate of drug-likeness (QED) is 0.367. The number of hydrogen-bond donors (Lipinski definition) is 0. The molecule has 0 aliphatic rings. The normalized spacial score (nSPS) is 13.7. The Bertz CT molecular complexity index is 117. The van der Waals surface area contributed by atoms with Crippen molar-refractivity contribution in [2.75, 3.05) is 14.2 Å². The molecule has 0 aliphatic carbocycles. The summed E-state index contributed by atoms with van der Waals surface area (Å²) < 4.78 is 38.3. The van der Waals surface area contributed by atoms with Crippen molar-refractivity contribution in [2.24, 2.45) is 4.99 Å². The van der Waals surface area contributed by atoms with Gasteiger partial charge in [0.2, 0.25) is 0 Å². The number of ether oxygens (including phenoxy) is 1. The van der Waals surface area contributed by atoms with Crippen LogP contribution in [0, 0.1) is 0 Å². The summed E-state index contributed by atoms with van der Waals surface area (Å²) in [6.07, 6.45) is -4.45. The molecule has 0 aromatic rings. The zero-order valence-corrected chi connectivity index (χ0v) is 4.99. The molecule has 9 heavy (non-hydrogen) atoms. The average molecular weight is 141 g/mol. The minimum absolute atomic E-state index is 0.926. The van der Waals surface area contributed by atoms with Crippen molar-refractivity contribution in [2.45, 2.75) is 6.18 Å². The lowest BCUT2D eigenvalue weighted by atomic mass is 10.6. The van der Waals surface area contributed by atoms with Crippen molar-refractivity contribution in [3.63, 3.8) is 0 Å². The second kappa shape index (κ2) is 2.70. The number of rotatable bonds is 0. The van der Waals surface area contributed by atoms with Crippen molar-refractivity contribution >= 4 is 5.90 Å². The maximum absolute atomic E-state index is 11.5. The molecular weight excluding hydrogens is 135 g/mol. The summed E-state index contributed by atoms with van der Waals surface area (Å²) in [5.41, 5.74) is 0. The molecular formula is C4H6F3NO. The van der Waals surface area contributed by atoms with Gasteiger partial charge in [0.05, 0.1) is 7.11 Å². The summed E-state index contributed by atoms with van der Waals surface area (Å²) in [5, 5.41) is 0. The van der Waals surface area contributed by atoms with E-state index < -0.39 is 12.1 Å². The Morgan fingerprint density at radius 3 is 1.89 bits per heavy atom. The number of alkyl halides is 3. The van der Waals surface area contributed by atoms with E-state index in [0.717, 1.165) is 14.2 Å². The van der Waals surface area contributed by atoms with E-state index in [0.29, 0.717) is 0 Å². The molecule has 0 aromatic heterocycles. The van der Waals surface area contributed by atoms with Crippen LogP contribution in [0.4, 0.5) is 13.2 Å². The third kappa shape index (κ3) is 2.34. The average Bonchev–Trinajstić information content (AvgIpc) is 1.65. The van der Waals surface area contributed by atoms with E-state index >= 15 is 0 Å². The van der Waals surface area contributed by atoms with Crippen molar-refractivity contribution < 1.29 is 17.9 Å². The molecule has 5 heteroatoms. The fourth-order valence-electron chi connectivity index (χ4n) is 0.334. The fraction of sp³-hybridized carbons (Fsp3) is 0.750. The highest BCUT2D eigenvalue weighted by molar-refractivity contribution is 5.81. The van der Waals surface area contributed by atoms with Crippen LogP contribution in [0.15, 0.2) is 4.99 Å². The SMILES string of the molecule is CN=C(OC)C(F)(F)F. The van der Waals surface area contributed by atoms with Crippen molar-refractivity contribution in [1.82, 2.24) is 0 Å². The highest BCUT2D eigenvalue weighted by atomic mass is 19.4. The number of methoxy groups -OCH3 is 1. The third-order valence-electron chi connectivity index (χ3n) is 0.639. The predicted octanol–water partition coefficient (Wildman–Crippen LogP) is 1.22. The van der Waals surface area contributed by atoms with Gasteiger partial charge in [-0.15, -0.1) is 0 Å². The number of halogens is 3. The number of aliphatic imine (C=N–C) groups is 1. The summed E-state index contributed by atoms with van der Waals surface area (Å²) in [6, 6.07) is 0. The van der Waals surface area contributed by atoms with Gasteiger partial charge in [-0.25, -0.2) is 0 Å². The summed E-state index contributed by atoms with van der Waals surface area (Å²) in [6.45, 7) is 0. The largest absolute Gasteiger partial charge is 0.478 e. The lowest BCUT2D eigenvalue weighted by Crippen LogP contribution is -2.24. The van der Waals surface area contributed by atoms with Crippen LogP contribution in [0.2, 0.25) is 0 Å². The Labute approximate surface area is 50.3 Å². The highest BCUT2D eigenvalue weighted by Crippen LogP contribution is 2.16. The maximum atomic E-state index is 11.5. The van der Waals surface area contributed by atoms with E-state index in [1.165, 1.54) is 0 Å². The van der Waals surface area contributed by atoms with Gasteiger partial charge in [0, 0.05) is 7.05 Å². The van der Waals surface area contributed by atoms with Crippen LogP contribution in [-0.4, -0.2) is 26.2 Å². The molecule has 0 N–H and O–H groups in total. The van der Waals surface area contributed by atoms with E-state index in [1.807, 2.05) is 0 Å². The summed E-state index contributed by atoms with van der Waals surface area (Å²) >= 11 is 0. The monoisotopic (exact) mass is 141 g/mol. The molecule has 2 nitrogen and oxygen atoms in total. The standard InChI is InChI=1S/C4H6F3NO/c1-8-3(9-2)4(5,6)7/h1-2H3. The second-order valence-corrected chi connectivity index (χ2v) is 1.23. The molecule has 0 heterocycles. The highest BCUT2D eigenvalue weighted by Gasteiger charge is 2.36. The van der Waals surface area contributed by atoms with Crippen LogP contribution in [0.1, 0.15) is 0 Å². The van der Waals surface area contributed by atoms with E-state index in [4.69, 9.17) is 0 Å². The Kier molecular flexibility index (Phi) is 2.48. The van der Waals surface area contributed by atoms with Crippen LogP contribution in [0.3, 0.4) is 0 Å². The molecule has 0 saturated heterocycles. The van der Waals surface area contributed by atoms with Gasteiger partial charge < -0.3 is 4.74 Å². The first-order valence-corrected chi connectivity index (χ1v) is 2.10. The predicted molar refractivity (Wildman–Crippen MR) is 26.4 cm³/mol. The summed E-state index contributed by atoms with van der Waals surface area (Å²) in [5.74, 6) is -1.21. The molecule has 0 saturated carbocycles. The molecule has 0 unspecified atom stereocenters. The minimum atomic E-state index is -4.45. The van der Waals surface area contributed by atoms with Gasteiger partial charge in [-0.1, -0.05) is 0 Å². The van der Waals surface area contributed by atoms with E-state index in [1.54, 1.807) is 0 Å². The van der Waals surface area contributed by atoms with E-state index in [2.05, 4.69) is 9.73 Å². The molecule has 0 bridgehead atoms. The van der Waals surface area contributed by atoms with Crippen LogP contribution in [0.25, 0.3) is 0 Å². The van der Waals surface area contributed by atoms with Gasteiger partial charge in [-0.05, 0) is 0 Å². The van der Waals surface area contributed by atoms with Crippen LogP contribution >= 0.6 is 0 Å². The molecule has 0 atom stereocenters. The number of hydrogen-bond acceptors (Lipinski definition) is 2. The van der Waals surface area contributed by atoms with Crippen molar-refractivity contribution in [1.29, 1.82) is 0 Å². The van der Waals surface area contributed by atoms with E-state index in [-0.39, 0.29) is 0 Å². The fourth-order valence-corrected chi connectivity index (χ4v) is 0.334.